The molecule has 0 spiro atoms. The highest BCUT2D eigenvalue weighted by Crippen LogP contribution is 2.31. The molecule has 0 heterocycles. The lowest BCUT2D eigenvalue weighted by molar-refractivity contribution is 0.414. The second-order valence-corrected chi connectivity index (χ2v) is 8.35. The maximum atomic E-state index is 12.3. The number of rotatable bonds is 5. The zero-order valence-electron chi connectivity index (χ0n) is 11.1. The number of hydrogen-bond donors (Lipinski definition) is 2. The van der Waals surface area contributed by atoms with Gasteiger partial charge in [-0.05, 0) is 39.9 Å². The molecule has 0 saturated heterocycles. The van der Waals surface area contributed by atoms with E-state index < -0.39 is 10.0 Å². The minimum atomic E-state index is -3.61. The fourth-order valence-corrected chi connectivity index (χ4v) is 4.62. The van der Waals surface area contributed by atoms with Gasteiger partial charge in [0.2, 0.25) is 10.0 Å². The standard InChI is InChI=1S/C12H18Br2N2O2S/c1-7(2)8(3)6-16-19(17,18)12-10(14)4-9(13)5-11(12)15/h4-5,7-8,16H,6,15H2,1-3H3. The van der Waals surface area contributed by atoms with Gasteiger partial charge in [-0.3, -0.25) is 0 Å². The summed E-state index contributed by atoms with van der Waals surface area (Å²) in [6.45, 7) is 6.51. The third-order valence-electron chi connectivity index (χ3n) is 3.04. The van der Waals surface area contributed by atoms with Gasteiger partial charge in [0.05, 0.1) is 5.69 Å². The van der Waals surface area contributed by atoms with E-state index in [2.05, 4.69) is 50.4 Å². The Bertz CT molecular complexity index is 536. The summed E-state index contributed by atoms with van der Waals surface area (Å²) in [4.78, 5) is 0.0895. The number of nitrogens with one attached hydrogen (secondary N) is 1. The molecule has 0 aliphatic rings. The van der Waals surface area contributed by atoms with Gasteiger partial charge in [0, 0.05) is 15.5 Å². The van der Waals surface area contributed by atoms with Crippen LogP contribution in [0.5, 0.6) is 0 Å². The van der Waals surface area contributed by atoms with E-state index in [1.54, 1.807) is 12.1 Å². The van der Waals surface area contributed by atoms with Crippen LogP contribution in [-0.4, -0.2) is 15.0 Å². The van der Waals surface area contributed by atoms with Crippen LogP contribution in [0.15, 0.2) is 26.0 Å². The molecule has 7 heteroatoms. The van der Waals surface area contributed by atoms with Crippen molar-refractivity contribution in [1.29, 1.82) is 0 Å². The van der Waals surface area contributed by atoms with Crippen molar-refractivity contribution in [3.8, 4) is 0 Å². The topological polar surface area (TPSA) is 72.2 Å². The monoisotopic (exact) mass is 412 g/mol. The Balaban J connectivity index is 3.02. The molecule has 0 aromatic heterocycles. The van der Waals surface area contributed by atoms with Gasteiger partial charge >= 0.3 is 0 Å². The van der Waals surface area contributed by atoms with Crippen molar-refractivity contribution in [3.63, 3.8) is 0 Å². The van der Waals surface area contributed by atoms with Gasteiger partial charge in [-0.15, -0.1) is 0 Å². The van der Waals surface area contributed by atoms with Crippen molar-refractivity contribution in [2.75, 3.05) is 12.3 Å². The molecule has 1 rings (SSSR count). The van der Waals surface area contributed by atoms with Crippen molar-refractivity contribution in [2.24, 2.45) is 11.8 Å². The van der Waals surface area contributed by atoms with Crippen LogP contribution < -0.4 is 10.5 Å². The first-order chi connectivity index (χ1) is 8.65. The lowest BCUT2D eigenvalue weighted by atomic mass is 9.99. The lowest BCUT2D eigenvalue weighted by Crippen LogP contribution is -2.31. The molecule has 3 N–H and O–H groups in total. The Morgan fingerprint density at radius 3 is 2.32 bits per heavy atom. The zero-order valence-corrected chi connectivity index (χ0v) is 15.1. The van der Waals surface area contributed by atoms with E-state index in [1.807, 2.05) is 6.92 Å². The van der Waals surface area contributed by atoms with Crippen molar-refractivity contribution in [3.05, 3.63) is 21.1 Å². The molecule has 0 fully saturated rings. The first kappa shape index (κ1) is 16.9. The minimum absolute atomic E-state index is 0.0895. The highest BCUT2D eigenvalue weighted by Gasteiger charge is 2.22. The quantitative estimate of drug-likeness (QED) is 0.726. The summed E-state index contributed by atoms with van der Waals surface area (Å²) in [7, 11) is -3.61. The van der Waals surface area contributed by atoms with E-state index in [1.165, 1.54) is 0 Å². The van der Waals surface area contributed by atoms with E-state index in [9.17, 15) is 8.42 Å². The first-order valence-electron chi connectivity index (χ1n) is 5.89. The molecule has 1 aromatic rings. The maximum Gasteiger partial charge on any atom is 0.243 e. The van der Waals surface area contributed by atoms with Gasteiger partial charge in [-0.1, -0.05) is 36.7 Å². The molecule has 0 amide bonds. The molecule has 1 atom stereocenters. The summed E-state index contributed by atoms with van der Waals surface area (Å²) in [5.41, 5.74) is 6.01. The lowest BCUT2D eigenvalue weighted by Gasteiger charge is -2.17. The molecule has 1 unspecified atom stereocenters. The molecule has 19 heavy (non-hydrogen) atoms. The number of benzene rings is 1. The average Bonchev–Trinajstić information content (AvgIpc) is 2.23. The summed E-state index contributed by atoms with van der Waals surface area (Å²) < 4.78 is 28.3. The predicted octanol–water partition coefficient (Wildman–Crippen LogP) is 3.36. The number of anilines is 1. The SMILES string of the molecule is CC(C)C(C)CNS(=O)(=O)c1c(N)cc(Br)cc1Br. The second kappa shape index (κ2) is 6.56. The molecule has 1 aromatic carbocycles. The summed E-state index contributed by atoms with van der Waals surface area (Å²) >= 11 is 6.51. The number of nitrogens with two attached hydrogens (primary N) is 1. The molecular formula is C12H18Br2N2O2S. The maximum absolute atomic E-state index is 12.3. The van der Waals surface area contributed by atoms with E-state index in [0.29, 0.717) is 16.9 Å². The van der Waals surface area contributed by atoms with Crippen molar-refractivity contribution < 1.29 is 8.42 Å². The van der Waals surface area contributed by atoms with Crippen molar-refractivity contribution in [1.82, 2.24) is 4.72 Å². The van der Waals surface area contributed by atoms with Crippen molar-refractivity contribution >= 4 is 47.6 Å². The number of sulfonamides is 1. The fraction of sp³-hybridized carbons (Fsp3) is 0.500. The molecule has 108 valence electrons. The Labute approximate surface area is 131 Å². The van der Waals surface area contributed by atoms with Gasteiger partial charge in [0.25, 0.3) is 0 Å². The molecule has 0 saturated carbocycles. The second-order valence-electron chi connectivity index (χ2n) is 4.88. The largest absolute Gasteiger partial charge is 0.398 e. The third kappa shape index (κ3) is 4.44. The van der Waals surface area contributed by atoms with E-state index in [-0.39, 0.29) is 16.5 Å². The molecule has 0 aliphatic heterocycles. The van der Waals surface area contributed by atoms with Crippen LogP contribution in [0.3, 0.4) is 0 Å². The van der Waals surface area contributed by atoms with Gasteiger partial charge in [0.15, 0.2) is 0 Å². The van der Waals surface area contributed by atoms with Crippen molar-refractivity contribution in [2.45, 2.75) is 25.7 Å². The van der Waals surface area contributed by atoms with E-state index >= 15 is 0 Å². The molecule has 0 radical (unpaired) electrons. The third-order valence-corrected chi connectivity index (χ3v) is 5.92. The van der Waals surface area contributed by atoms with Crippen LogP contribution in [0.25, 0.3) is 0 Å². The molecule has 4 nitrogen and oxygen atoms in total. The Morgan fingerprint density at radius 2 is 1.84 bits per heavy atom. The van der Waals surface area contributed by atoms with Gasteiger partial charge < -0.3 is 5.73 Å². The summed E-state index contributed by atoms with van der Waals surface area (Å²) in [6.07, 6.45) is 0. The Morgan fingerprint density at radius 1 is 1.26 bits per heavy atom. The van der Waals surface area contributed by atoms with E-state index in [0.717, 1.165) is 4.47 Å². The van der Waals surface area contributed by atoms with Crippen LogP contribution in [0.1, 0.15) is 20.8 Å². The Hall–Kier alpha value is -0.110. The van der Waals surface area contributed by atoms with Crippen LogP contribution in [0.2, 0.25) is 0 Å². The fourth-order valence-electron chi connectivity index (χ4n) is 1.41. The highest BCUT2D eigenvalue weighted by molar-refractivity contribution is 9.11. The minimum Gasteiger partial charge on any atom is -0.398 e. The average molecular weight is 414 g/mol. The summed E-state index contributed by atoms with van der Waals surface area (Å²) in [5, 5.41) is 0. The number of hydrogen-bond acceptors (Lipinski definition) is 3. The highest BCUT2D eigenvalue weighted by atomic mass is 79.9. The smallest absolute Gasteiger partial charge is 0.243 e. The van der Waals surface area contributed by atoms with Crippen LogP contribution in [-0.2, 0) is 10.0 Å². The van der Waals surface area contributed by atoms with Gasteiger partial charge in [-0.25, -0.2) is 13.1 Å². The van der Waals surface area contributed by atoms with Gasteiger partial charge in [-0.2, -0.15) is 0 Å². The van der Waals surface area contributed by atoms with E-state index in [4.69, 9.17) is 5.73 Å². The normalized spacial score (nSPS) is 13.8. The van der Waals surface area contributed by atoms with Crippen LogP contribution in [0, 0.1) is 11.8 Å². The van der Waals surface area contributed by atoms with Gasteiger partial charge in [0.1, 0.15) is 4.90 Å². The first-order valence-corrected chi connectivity index (χ1v) is 8.96. The van der Waals surface area contributed by atoms with Crippen LogP contribution in [0.4, 0.5) is 5.69 Å². The Kier molecular flexibility index (Phi) is 5.85. The summed E-state index contributed by atoms with van der Waals surface area (Å²) in [5.74, 6) is 0.665. The molecule has 0 bridgehead atoms. The molecular weight excluding hydrogens is 396 g/mol. The number of nitrogen functional groups attached to an aromatic ring is 1. The predicted molar refractivity (Wildman–Crippen MR) is 85.4 cm³/mol. The molecule has 0 aliphatic carbocycles. The van der Waals surface area contributed by atoms with Crippen LogP contribution >= 0.6 is 31.9 Å². The zero-order chi connectivity index (χ0) is 14.8. The number of halogens is 2. The summed E-state index contributed by atoms with van der Waals surface area (Å²) in [6, 6.07) is 3.24.